The van der Waals surface area contributed by atoms with Gasteiger partial charge in [0, 0.05) is 32.8 Å². The number of benzene rings is 1. The Morgan fingerprint density at radius 1 is 1.24 bits per heavy atom. The number of nitrogens with zero attached hydrogens (tertiary/aromatic N) is 4. The van der Waals surface area contributed by atoms with E-state index >= 15 is 0 Å². The lowest BCUT2D eigenvalue weighted by atomic mass is 9.99. The first kappa shape index (κ1) is 20.6. The third kappa shape index (κ3) is 4.67. The molecule has 154 valence electrons. The number of likely N-dealkylation sites (N-methyl/N-ethyl adjacent to an activating group) is 1. The first-order chi connectivity index (χ1) is 13.8. The zero-order valence-corrected chi connectivity index (χ0v) is 17.7. The van der Waals surface area contributed by atoms with Gasteiger partial charge in [-0.1, -0.05) is 29.8 Å². The molecule has 0 saturated carbocycles. The molecule has 0 spiro atoms. The van der Waals surface area contributed by atoms with Crippen molar-refractivity contribution in [1.29, 1.82) is 0 Å². The van der Waals surface area contributed by atoms with Gasteiger partial charge in [0.1, 0.15) is 6.54 Å². The second kappa shape index (κ2) is 8.51. The average Bonchev–Trinajstić information content (AvgIpc) is 3.28. The molecular weight excluding hydrogens is 366 g/mol. The van der Waals surface area contributed by atoms with E-state index in [1.807, 2.05) is 75.0 Å². The Labute approximate surface area is 172 Å². The summed E-state index contributed by atoms with van der Waals surface area (Å²) >= 11 is 0. The van der Waals surface area contributed by atoms with Crippen molar-refractivity contribution in [1.82, 2.24) is 19.8 Å². The second-order valence-electron chi connectivity index (χ2n) is 7.88. The van der Waals surface area contributed by atoms with Crippen LogP contribution in [-0.4, -0.2) is 51.8 Å². The lowest BCUT2D eigenvalue weighted by Gasteiger charge is -2.25. The van der Waals surface area contributed by atoms with E-state index in [-0.39, 0.29) is 30.6 Å². The van der Waals surface area contributed by atoms with Gasteiger partial charge in [-0.2, -0.15) is 5.10 Å². The fraction of sp³-hybridized carbons (Fsp3) is 0.409. The first-order valence-electron chi connectivity index (χ1n) is 9.85. The topological polar surface area (TPSA) is 69.9 Å². The molecule has 0 saturated heterocycles. The van der Waals surface area contributed by atoms with Crippen molar-refractivity contribution in [2.45, 2.75) is 39.3 Å². The Bertz CT molecular complexity index is 914. The van der Waals surface area contributed by atoms with Crippen LogP contribution in [0.5, 0.6) is 0 Å². The van der Waals surface area contributed by atoms with E-state index in [1.165, 1.54) is 15.5 Å². The largest absolute Gasteiger partial charge is 0.350 e. The van der Waals surface area contributed by atoms with Crippen LogP contribution in [0, 0.1) is 6.92 Å². The Balaban J connectivity index is 1.85. The van der Waals surface area contributed by atoms with Crippen LogP contribution in [0.3, 0.4) is 0 Å². The first-order valence-corrected chi connectivity index (χ1v) is 9.85. The quantitative estimate of drug-likeness (QED) is 0.845. The highest BCUT2D eigenvalue weighted by molar-refractivity contribution is 6.02. The second-order valence-corrected chi connectivity index (χ2v) is 7.88. The normalized spacial score (nSPS) is 16.1. The summed E-state index contributed by atoms with van der Waals surface area (Å²) in [6.45, 7) is 5.77. The van der Waals surface area contributed by atoms with Crippen molar-refractivity contribution >= 4 is 17.6 Å². The lowest BCUT2D eigenvalue weighted by Crippen LogP contribution is -2.45. The van der Waals surface area contributed by atoms with E-state index < -0.39 is 0 Å². The van der Waals surface area contributed by atoms with Gasteiger partial charge in [0.05, 0.1) is 17.4 Å². The van der Waals surface area contributed by atoms with Gasteiger partial charge in [-0.3, -0.25) is 4.79 Å². The van der Waals surface area contributed by atoms with E-state index in [9.17, 15) is 9.59 Å². The molecule has 29 heavy (non-hydrogen) atoms. The molecule has 7 heteroatoms. The third-order valence-electron chi connectivity index (χ3n) is 5.00. The molecular formula is C22H29N5O2. The highest BCUT2D eigenvalue weighted by Gasteiger charge is 2.34. The van der Waals surface area contributed by atoms with Crippen LogP contribution in [-0.2, 0) is 11.8 Å². The van der Waals surface area contributed by atoms with Crippen LogP contribution in [0.25, 0.3) is 0 Å². The van der Waals surface area contributed by atoms with Crippen LogP contribution in [0.2, 0.25) is 0 Å². The summed E-state index contributed by atoms with van der Waals surface area (Å²) in [6.07, 6.45) is 2.60. The summed E-state index contributed by atoms with van der Waals surface area (Å²) in [5.74, 6) is -0.207. The van der Waals surface area contributed by atoms with Gasteiger partial charge in [-0.15, -0.1) is 0 Å². The lowest BCUT2D eigenvalue weighted by molar-refractivity contribution is -0.133. The molecule has 7 nitrogen and oxygen atoms in total. The molecule has 1 aromatic heterocycles. The average molecular weight is 396 g/mol. The molecule has 0 fully saturated rings. The summed E-state index contributed by atoms with van der Waals surface area (Å²) in [5.41, 5.74) is 4.05. The van der Waals surface area contributed by atoms with Crippen molar-refractivity contribution < 1.29 is 9.59 Å². The van der Waals surface area contributed by atoms with Gasteiger partial charge in [0.15, 0.2) is 0 Å². The van der Waals surface area contributed by atoms with Crippen molar-refractivity contribution in [2.24, 2.45) is 12.1 Å². The Morgan fingerprint density at radius 2 is 1.93 bits per heavy atom. The molecule has 2 aromatic rings. The number of nitrogens with one attached hydrogen (secondary N) is 1. The summed E-state index contributed by atoms with van der Waals surface area (Å²) in [6, 6.07) is 11.7. The number of amides is 3. The smallest absolute Gasteiger partial charge is 0.317 e. The minimum atomic E-state index is -0.272. The van der Waals surface area contributed by atoms with Gasteiger partial charge >= 0.3 is 6.03 Å². The molecule has 3 rings (SSSR count). The minimum absolute atomic E-state index is 0.00844. The molecule has 2 heterocycles. The number of carbonyl (C=O) groups excluding carboxylic acids is 2. The molecule has 1 atom stereocenters. The monoisotopic (exact) mass is 395 g/mol. The predicted octanol–water partition coefficient (Wildman–Crippen LogP) is 3.06. The molecule has 0 bridgehead atoms. The van der Waals surface area contributed by atoms with Crippen LogP contribution >= 0.6 is 0 Å². The Kier molecular flexibility index (Phi) is 6.06. The van der Waals surface area contributed by atoms with Crippen molar-refractivity contribution in [3.63, 3.8) is 0 Å². The Morgan fingerprint density at radius 3 is 2.52 bits per heavy atom. The number of urea groups is 1. The van der Waals surface area contributed by atoms with Crippen molar-refractivity contribution in [3.05, 3.63) is 59.4 Å². The fourth-order valence-corrected chi connectivity index (χ4v) is 3.41. The van der Waals surface area contributed by atoms with E-state index in [0.717, 1.165) is 17.0 Å². The summed E-state index contributed by atoms with van der Waals surface area (Å²) < 4.78 is 2.00. The molecule has 3 amide bonds. The van der Waals surface area contributed by atoms with E-state index in [4.69, 9.17) is 0 Å². The van der Waals surface area contributed by atoms with Gasteiger partial charge in [-0.05, 0) is 38.5 Å². The highest BCUT2D eigenvalue weighted by atomic mass is 16.2. The SMILES string of the molecule is Cc1ccc(C2CC(c3cccn3C)=NN2C(=O)CN(C)C(=O)NC(C)C)cc1. The molecule has 1 aliphatic rings. The summed E-state index contributed by atoms with van der Waals surface area (Å²) in [5, 5.41) is 9.00. The van der Waals surface area contributed by atoms with Gasteiger partial charge in [0.2, 0.25) is 0 Å². The maximum Gasteiger partial charge on any atom is 0.317 e. The minimum Gasteiger partial charge on any atom is -0.350 e. The number of aryl methyl sites for hydroxylation is 2. The molecule has 0 aliphatic carbocycles. The van der Waals surface area contributed by atoms with Crippen molar-refractivity contribution in [2.75, 3.05) is 13.6 Å². The van der Waals surface area contributed by atoms with Crippen LogP contribution in [0.1, 0.15) is 43.1 Å². The Hall–Kier alpha value is -3.09. The highest BCUT2D eigenvalue weighted by Crippen LogP contribution is 2.33. The number of hydrazone groups is 1. The van der Waals surface area contributed by atoms with Gasteiger partial charge in [-0.25, -0.2) is 9.80 Å². The van der Waals surface area contributed by atoms with E-state index in [2.05, 4.69) is 10.4 Å². The van der Waals surface area contributed by atoms with Gasteiger partial charge in [0.25, 0.3) is 5.91 Å². The standard InChI is InChI=1S/C22H29N5O2/c1-15(2)23-22(29)26(5)14-21(28)27-20(17-10-8-16(3)9-11-17)13-18(24-27)19-7-6-12-25(19)4/h6-12,15,20H,13-14H2,1-5H3,(H,23,29). The van der Waals surface area contributed by atoms with Gasteiger partial charge < -0.3 is 14.8 Å². The van der Waals surface area contributed by atoms with Crippen LogP contribution in [0.4, 0.5) is 4.79 Å². The molecule has 0 radical (unpaired) electrons. The van der Waals surface area contributed by atoms with Crippen molar-refractivity contribution in [3.8, 4) is 0 Å². The van der Waals surface area contributed by atoms with Crippen LogP contribution in [0.15, 0.2) is 47.7 Å². The maximum atomic E-state index is 13.1. The number of rotatable bonds is 5. The molecule has 1 aromatic carbocycles. The summed E-state index contributed by atoms with van der Waals surface area (Å²) in [4.78, 5) is 26.7. The summed E-state index contributed by atoms with van der Waals surface area (Å²) in [7, 11) is 3.58. The zero-order valence-electron chi connectivity index (χ0n) is 17.7. The number of aromatic nitrogens is 1. The number of hydrogen-bond donors (Lipinski definition) is 1. The van der Waals surface area contributed by atoms with E-state index in [1.54, 1.807) is 7.05 Å². The molecule has 1 N–H and O–H groups in total. The molecule has 1 aliphatic heterocycles. The maximum absolute atomic E-state index is 13.1. The number of carbonyl (C=O) groups is 2. The zero-order chi connectivity index (χ0) is 21.1. The third-order valence-corrected chi connectivity index (χ3v) is 5.00. The van der Waals surface area contributed by atoms with E-state index in [0.29, 0.717) is 6.42 Å². The fourth-order valence-electron chi connectivity index (χ4n) is 3.41. The van der Waals surface area contributed by atoms with Crippen LogP contribution < -0.4 is 5.32 Å². The number of hydrogen-bond acceptors (Lipinski definition) is 3. The predicted molar refractivity (Wildman–Crippen MR) is 114 cm³/mol. The molecule has 1 unspecified atom stereocenters.